The summed E-state index contributed by atoms with van der Waals surface area (Å²) < 4.78 is 33.6. The molecular weight excluding hydrogens is 1280 g/mol. The van der Waals surface area contributed by atoms with Crippen molar-refractivity contribution in [2.45, 2.75) is 181 Å². The van der Waals surface area contributed by atoms with Crippen molar-refractivity contribution >= 4 is 85.8 Å². The SMILES string of the molecule is COC(=O)CCCCCCCCCCCCCCCCC(=O)N[C@@H](CCC(=O)NCCOCCOCC(=O)NCCOCCOCC(=O)NC[C@]12CC1N(C(=O)Cn1nc(C(C)=O)c3cc(-c4cnc(C)nc4)cc(C)c31)[C@H](C(=O)Nc1nc(Br)ccc1C)C2)C(=O)OC. The molecule has 1 aliphatic heterocycles. The highest BCUT2D eigenvalue weighted by Gasteiger charge is 2.67. The zero-order valence-electron chi connectivity index (χ0n) is 55.5. The number of rotatable bonds is 46. The molecule has 516 valence electrons. The Bertz CT molecular complexity index is 3170. The molecular formula is C67H96BrN11O15. The first-order valence-electron chi connectivity index (χ1n) is 32.9. The van der Waals surface area contributed by atoms with Crippen molar-refractivity contribution in [3.8, 4) is 11.1 Å². The molecule has 4 atom stereocenters. The number of anilines is 1. The average Bonchev–Trinajstić information content (AvgIpc) is 1.54. The molecule has 1 unspecified atom stereocenters. The molecule has 2 fully saturated rings. The summed E-state index contributed by atoms with van der Waals surface area (Å²) in [7, 11) is 2.67. The van der Waals surface area contributed by atoms with Gasteiger partial charge in [-0.05, 0) is 104 Å². The molecule has 5 N–H and O–H groups in total. The molecule has 2 aliphatic rings. The Morgan fingerprint density at radius 3 is 1.81 bits per heavy atom. The van der Waals surface area contributed by atoms with Crippen LogP contribution in [-0.2, 0) is 73.3 Å². The Balaban J connectivity index is 0.781. The third-order valence-electron chi connectivity index (χ3n) is 16.8. The fourth-order valence-corrected chi connectivity index (χ4v) is 11.9. The van der Waals surface area contributed by atoms with Crippen LogP contribution in [0.2, 0.25) is 0 Å². The number of pyridine rings is 1. The van der Waals surface area contributed by atoms with Gasteiger partial charge in [0.05, 0.1) is 59.4 Å². The van der Waals surface area contributed by atoms with E-state index >= 15 is 0 Å². The molecule has 6 rings (SSSR count). The van der Waals surface area contributed by atoms with Gasteiger partial charge in [0.15, 0.2) is 5.78 Å². The van der Waals surface area contributed by atoms with Crippen LogP contribution >= 0.6 is 15.9 Å². The number of nitrogens with one attached hydrogen (secondary N) is 5. The van der Waals surface area contributed by atoms with Gasteiger partial charge >= 0.3 is 11.9 Å². The molecule has 4 heterocycles. The maximum Gasteiger partial charge on any atom is 0.328 e. The van der Waals surface area contributed by atoms with Crippen molar-refractivity contribution in [1.29, 1.82) is 0 Å². The van der Waals surface area contributed by atoms with Gasteiger partial charge in [0.2, 0.25) is 35.4 Å². The number of carbonyl (C=O) groups is 9. The fraction of sp³-hybridized carbons (Fsp3) is 0.627. The zero-order valence-corrected chi connectivity index (χ0v) is 57.1. The predicted molar refractivity (Wildman–Crippen MR) is 353 cm³/mol. The number of methoxy groups -OCH3 is 2. The molecule has 0 spiro atoms. The number of Topliss-reactive ketones (excluding diaryl/α,β-unsaturated/α-hetero) is 1. The molecule has 4 aromatic rings. The largest absolute Gasteiger partial charge is 0.469 e. The second-order valence-electron chi connectivity index (χ2n) is 24.2. The third kappa shape index (κ3) is 25.1. The minimum Gasteiger partial charge on any atom is -0.469 e. The van der Waals surface area contributed by atoms with Crippen LogP contribution in [0.15, 0.2) is 41.3 Å². The average molecular weight is 1380 g/mol. The number of aromatic nitrogens is 5. The van der Waals surface area contributed by atoms with Gasteiger partial charge in [-0.25, -0.2) is 19.7 Å². The van der Waals surface area contributed by atoms with Gasteiger partial charge in [0.25, 0.3) is 0 Å². The summed E-state index contributed by atoms with van der Waals surface area (Å²) in [5.74, 6) is -2.13. The van der Waals surface area contributed by atoms with Gasteiger partial charge in [-0.2, -0.15) is 5.10 Å². The smallest absolute Gasteiger partial charge is 0.328 e. The molecule has 1 saturated carbocycles. The summed E-state index contributed by atoms with van der Waals surface area (Å²) in [5, 5.41) is 19.2. The monoisotopic (exact) mass is 1370 g/mol. The van der Waals surface area contributed by atoms with Crippen molar-refractivity contribution in [3.63, 3.8) is 0 Å². The highest BCUT2D eigenvalue weighted by molar-refractivity contribution is 9.10. The maximum absolute atomic E-state index is 14.6. The first-order chi connectivity index (χ1) is 45.3. The summed E-state index contributed by atoms with van der Waals surface area (Å²) in [5.41, 5.74) is 3.30. The van der Waals surface area contributed by atoms with Crippen LogP contribution in [0.4, 0.5) is 5.82 Å². The summed E-state index contributed by atoms with van der Waals surface area (Å²) in [6.07, 6.45) is 20.7. The second kappa shape index (κ2) is 40.2. The number of fused-ring (bicyclic) bond motifs is 2. The molecule has 1 aromatic carbocycles. The van der Waals surface area contributed by atoms with E-state index in [0.29, 0.717) is 46.4 Å². The number of hydrogen-bond donors (Lipinski definition) is 5. The topological polar surface area (TPSA) is 329 Å². The standard InChI is InChI=1S/C67H96BrN11O15/c1-45-23-25-55(68)75-64(45)76-65(87)53-37-67(38-54(67)79(53)60(85)41-78-63-46(2)35-49(50-39-71-48(4)72-40-50)36-51(63)62(77-78)47(3)80)44-73-59(84)43-94-34-32-92-30-28-70-58(83)42-93-33-31-91-29-27-69-56(81)26-24-52(66(88)90-6)74-57(82)21-19-17-15-13-11-9-7-8-10-12-14-16-18-20-22-61(86)89-5/h23,25,35-36,39-40,52-54H,7-22,24,26-34,37-38,41-44H2,1-6H3,(H,69,81)(H,70,83)(H,73,84)(H,74,82)(H,75,76,87)/t52-,53-,54?,67-/m0/s1. The van der Waals surface area contributed by atoms with E-state index in [2.05, 4.69) is 67.3 Å². The number of nitrogens with zero attached hydrogens (tertiary/aromatic N) is 6. The van der Waals surface area contributed by atoms with E-state index in [1.807, 2.05) is 32.0 Å². The normalized spacial score (nSPS) is 15.8. The van der Waals surface area contributed by atoms with Crippen molar-refractivity contribution < 1.29 is 71.6 Å². The van der Waals surface area contributed by atoms with Gasteiger partial charge < -0.3 is 59.9 Å². The number of halogens is 1. The quantitative estimate of drug-likeness (QED) is 0.0128. The van der Waals surface area contributed by atoms with Crippen molar-refractivity contribution in [1.82, 2.24) is 50.9 Å². The zero-order chi connectivity index (χ0) is 67.8. The summed E-state index contributed by atoms with van der Waals surface area (Å²) in [4.78, 5) is 130. The lowest BCUT2D eigenvalue weighted by molar-refractivity contribution is -0.145. The van der Waals surface area contributed by atoms with Crippen LogP contribution < -0.4 is 26.6 Å². The molecule has 27 heteroatoms. The number of aryl methyl sites for hydroxylation is 3. The minimum atomic E-state index is -0.928. The van der Waals surface area contributed by atoms with Crippen LogP contribution in [0.25, 0.3) is 22.0 Å². The molecule has 1 aliphatic carbocycles. The third-order valence-corrected chi connectivity index (χ3v) is 17.3. The minimum absolute atomic E-state index is 0.000921. The van der Waals surface area contributed by atoms with E-state index in [1.165, 1.54) is 77.2 Å². The number of piperidine rings is 1. The fourth-order valence-electron chi connectivity index (χ4n) is 11.6. The Kier molecular flexibility index (Phi) is 32.3. The molecule has 6 amide bonds. The first kappa shape index (κ1) is 75.7. The number of unbranched alkanes of at least 4 members (excludes halogenated alkanes) is 13. The van der Waals surface area contributed by atoms with E-state index in [-0.39, 0.29) is 151 Å². The Labute approximate surface area is 559 Å². The summed E-state index contributed by atoms with van der Waals surface area (Å²) >= 11 is 3.37. The highest BCUT2D eigenvalue weighted by atomic mass is 79.9. The second-order valence-corrected chi connectivity index (χ2v) is 25.0. The summed E-state index contributed by atoms with van der Waals surface area (Å²) in [6.45, 7) is 7.80. The van der Waals surface area contributed by atoms with Gasteiger partial charge in [0.1, 0.15) is 53.8 Å². The number of esters is 2. The molecule has 1 saturated heterocycles. The summed E-state index contributed by atoms with van der Waals surface area (Å²) in [6, 6.07) is 5.17. The number of benzene rings is 1. The van der Waals surface area contributed by atoms with Crippen molar-refractivity contribution in [2.24, 2.45) is 5.41 Å². The van der Waals surface area contributed by atoms with Gasteiger partial charge in [-0.3, -0.25) is 43.0 Å². The lowest BCUT2D eigenvalue weighted by Gasteiger charge is -2.27. The maximum atomic E-state index is 14.6. The molecule has 3 aromatic heterocycles. The molecule has 26 nitrogen and oxygen atoms in total. The number of amides is 6. The van der Waals surface area contributed by atoms with E-state index in [4.69, 9.17) is 23.7 Å². The van der Waals surface area contributed by atoms with E-state index < -0.39 is 29.4 Å². The molecule has 94 heavy (non-hydrogen) atoms. The number of hydrogen-bond acceptors (Lipinski definition) is 19. The van der Waals surface area contributed by atoms with E-state index in [0.717, 1.165) is 60.8 Å². The molecule has 0 bridgehead atoms. The van der Waals surface area contributed by atoms with Crippen LogP contribution in [0.5, 0.6) is 0 Å². The van der Waals surface area contributed by atoms with Gasteiger partial charge in [-0.1, -0.05) is 83.1 Å². The van der Waals surface area contributed by atoms with Crippen LogP contribution in [0.3, 0.4) is 0 Å². The number of ether oxygens (including phenoxy) is 6. The number of carbonyl (C=O) groups excluding carboxylic acids is 9. The van der Waals surface area contributed by atoms with Crippen molar-refractivity contribution in [2.75, 3.05) is 92.0 Å². The lowest BCUT2D eigenvalue weighted by atomic mass is 9.99. The van der Waals surface area contributed by atoms with Crippen LogP contribution in [0.1, 0.15) is 163 Å². The Morgan fingerprint density at radius 1 is 0.638 bits per heavy atom. The van der Waals surface area contributed by atoms with E-state index in [1.54, 1.807) is 30.3 Å². The number of ketones is 1. The van der Waals surface area contributed by atoms with E-state index in [9.17, 15) is 43.2 Å². The highest BCUT2D eigenvalue weighted by Crippen LogP contribution is 2.59. The van der Waals surface area contributed by atoms with Crippen LogP contribution in [-0.4, -0.2) is 188 Å². The van der Waals surface area contributed by atoms with Gasteiger partial charge in [0, 0.05) is 80.6 Å². The van der Waals surface area contributed by atoms with Crippen LogP contribution in [0, 0.1) is 26.2 Å². The first-order valence-corrected chi connectivity index (χ1v) is 33.7. The van der Waals surface area contributed by atoms with Crippen molar-refractivity contribution in [3.05, 3.63) is 63.9 Å². The molecule has 0 radical (unpaired) electrons. The predicted octanol–water partition coefficient (Wildman–Crippen LogP) is 7.04. The van der Waals surface area contributed by atoms with Gasteiger partial charge in [-0.15, -0.1) is 0 Å². The Hall–Kier alpha value is -7.33. The lowest BCUT2D eigenvalue weighted by Crippen LogP contribution is -2.47. The number of likely N-dealkylation sites (tertiary alicyclic amines) is 1. The Morgan fingerprint density at radius 2 is 1.21 bits per heavy atom.